The number of carbonyl (C=O) groups is 4. The molecule has 0 aromatic heterocycles. The van der Waals surface area contributed by atoms with Gasteiger partial charge in [-0.25, -0.2) is 19.2 Å². The van der Waals surface area contributed by atoms with E-state index >= 15 is 0 Å². The van der Waals surface area contributed by atoms with Crippen LogP contribution >= 0.6 is 21.8 Å². The summed E-state index contributed by atoms with van der Waals surface area (Å²) in [5.74, 6) is -1.19. The fourth-order valence-corrected chi connectivity index (χ4v) is 5.42. The highest BCUT2D eigenvalue weighted by Gasteiger charge is 2.21. The first-order valence-corrected chi connectivity index (χ1v) is 14.8. The van der Waals surface area contributed by atoms with Crippen molar-refractivity contribution in [3.8, 4) is 0 Å². The van der Waals surface area contributed by atoms with E-state index < -0.39 is 57.8 Å². The smallest absolute Gasteiger partial charge is 0.338 e. The zero-order valence-electron chi connectivity index (χ0n) is 20.1. The fourth-order valence-electron chi connectivity index (χ4n) is 2.43. The summed E-state index contributed by atoms with van der Waals surface area (Å²) in [5.41, 5.74) is 11.6. The minimum atomic E-state index is -1.11. The molecule has 0 heterocycles. The summed E-state index contributed by atoms with van der Waals surface area (Å²) in [6, 6.07) is -1.99. The van der Waals surface area contributed by atoms with Crippen molar-refractivity contribution in [2.45, 2.75) is 25.9 Å². The first-order valence-electron chi connectivity index (χ1n) is 10.5. The zero-order chi connectivity index (χ0) is 26.3. The number of carbonyl (C=O) groups excluding carboxylic acids is 4. The Bertz CT molecular complexity index is 717. The van der Waals surface area contributed by atoms with Crippen LogP contribution in [0.25, 0.3) is 0 Å². The Hall–Kier alpha value is -2.42. The molecule has 2 unspecified atom stereocenters. The number of esters is 4. The number of nitrogens with one attached hydrogen (secondary N) is 4. The predicted molar refractivity (Wildman–Crippen MR) is 139 cm³/mol. The highest BCUT2D eigenvalue weighted by atomic mass is 32.2. The minimum absolute atomic E-state index is 0.343. The van der Waals surface area contributed by atoms with Gasteiger partial charge in [-0.1, -0.05) is 0 Å². The first-order chi connectivity index (χ1) is 15.8. The van der Waals surface area contributed by atoms with Gasteiger partial charge in [0.05, 0.1) is 11.7 Å². The van der Waals surface area contributed by atoms with Crippen LogP contribution in [-0.2, 0) is 28.7 Å². The lowest BCUT2D eigenvalue weighted by molar-refractivity contribution is -0.159. The van der Waals surface area contributed by atoms with Crippen LogP contribution in [0.3, 0.4) is 0 Å². The summed E-state index contributed by atoms with van der Waals surface area (Å²) in [7, 11) is -1.21. The number of rotatable bonds is 14. The number of nitrogens with two attached hydrogens (primary N) is 2. The third-order valence-electron chi connectivity index (χ3n) is 4.15. The molecular weight excluding hydrogens is 484 g/mol. The predicted octanol–water partition coefficient (Wildman–Crippen LogP) is -1.23. The van der Waals surface area contributed by atoms with E-state index in [9.17, 15) is 19.2 Å². The van der Waals surface area contributed by atoms with E-state index in [1.165, 1.54) is 0 Å². The second kappa shape index (κ2) is 17.1. The number of hydrogen-bond donors (Lipinski definition) is 8. The molecule has 0 aromatic carbocycles. The molecule has 0 spiro atoms. The van der Waals surface area contributed by atoms with Gasteiger partial charge in [0.2, 0.25) is 0 Å². The topological polar surface area (TPSA) is 211 Å². The maximum absolute atomic E-state index is 12.0. The van der Waals surface area contributed by atoms with Gasteiger partial charge >= 0.3 is 23.9 Å². The van der Waals surface area contributed by atoms with E-state index in [0.717, 1.165) is 11.5 Å². The second-order valence-corrected chi connectivity index (χ2v) is 12.7. The van der Waals surface area contributed by atoms with Crippen molar-refractivity contribution in [1.29, 1.82) is 10.8 Å². The van der Waals surface area contributed by atoms with Gasteiger partial charge in [0.1, 0.15) is 12.1 Å². The van der Waals surface area contributed by atoms with Crippen LogP contribution < -0.4 is 22.1 Å². The summed E-state index contributed by atoms with van der Waals surface area (Å²) in [4.78, 5) is 47.4. The van der Waals surface area contributed by atoms with Gasteiger partial charge in [0.15, 0.2) is 0 Å². The zero-order valence-corrected chi connectivity index (χ0v) is 21.8. The van der Waals surface area contributed by atoms with Crippen LogP contribution in [0.2, 0.25) is 0 Å². The maximum Gasteiger partial charge on any atom is 0.338 e. The minimum Gasteiger partial charge on any atom is -0.389 e. The lowest BCUT2D eigenvalue weighted by Gasteiger charge is -2.19. The van der Waals surface area contributed by atoms with Crippen molar-refractivity contribution in [2.75, 3.05) is 48.6 Å². The molecule has 196 valence electrons. The molecule has 0 aromatic rings. The average Bonchev–Trinajstić information content (AvgIpc) is 2.71. The largest absolute Gasteiger partial charge is 0.389 e. The summed E-state index contributed by atoms with van der Waals surface area (Å²) < 4.78 is 9.20. The van der Waals surface area contributed by atoms with Gasteiger partial charge in [-0.15, -0.1) is 0 Å². The Morgan fingerprint density at radius 2 is 1.12 bits per heavy atom. The fraction of sp³-hybridized carbons (Fsp3) is 0.600. The Morgan fingerprint density at radius 1 is 0.794 bits per heavy atom. The van der Waals surface area contributed by atoms with Crippen LogP contribution in [0.4, 0.5) is 0 Å². The highest BCUT2D eigenvalue weighted by molar-refractivity contribution is 8.16. The van der Waals surface area contributed by atoms with E-state index in [-0.39, 0.29) is 0 Å². The van der Waals surface area contributed by atoms with Crippen molar-refractivity contribution in [3.63, 3.8) is 0 Å². The van der Waals surface area contributed by atoms with E-state index in [1.54, 1.807) is 13.8 Å². The molecule has 0 saturated carbocycles. The molecule has 0 aliphatic carbocycles. The van der Waals surface area contributed by atoms with Crippen molar-refractivity contribution >= 4 is 57.3 Å². The molecule has 0 saturated heterocycles. The molecule has 0 fully saturated rings. The normalized spacial score (nSPS) is 15.5. The third-order valence-corrected chi connectivity index (χ3v) is 8.16. The van der Waals surface area contributed by atoms with Gasteiger partial charge in [0, 0.05) is 36.7 Å². The van der Waals surface area contributed by atoms with Crippen LogP contribution in [-0.4, -0.2) is 96.2 Å². The summed E-state index contributed by atoms with van der Waals surface area (Å²) in [6.45, 7) is 4.44. The van der Waals surface area contributed by atoms with Gasteiger partial charge in [-0.3, -0.25) is 32.6 Å². The average molecular weight is 523 g/mol. The molecule has 0 bridgehead atoms. The van der Waals surface area contributed by atoms with Crippen molar-refractivity contribution in [2.24, 2.45) is 11.5 Å². The number of thiol groups is 2. The maximum atomic E-state index is 12.0. The molecule has 12 nitrogen and oxygen atoms in total. The van der Waals surface area contributed by atoms with Gasteiger partial charge in [-0.05, 0) is 37.9 Å². The van der Waals surface area contributed by atoms with E-state index in [1.807, 2.05) is 12.5 Å². The van der Waals surface area contributed by atoms with Crippen LogP contribution in [0.5, 0.6) is 0 Å². The van der Waals surface area contributed by atoms with Crippen molar-refractivity contribution in [1.82, 2.24) is 10.6 Å². The monoisotopic (exact) mass is 522 g/mol. The van der Waals surface area contributed by atoms with Gasteiger partial charge < -0.3 is 31.6 Å². The molecule has 8 N–H and O–H groups in total. The third kappa shape index (κ3) is 16.2. The van der Waals surface area contributed by atoms with Crippen LogP contribution in [0.15, 0.2) is 12.2 Å². The van der Waals surface area contributed by atoms with Crippen molar-refractivity contribution < 1.29 is 28.7 Å². The van der Waals surface area contributed by atoms with E-state index in [2.05, 4.69) is 20.1 Å². The van der Waals surface area contributed by atoms with E-state index in [4.69, 9.17) is 22.3 Å². The molecule has 0 amide bonds. The second-order valence-electron chi connectivity index (χ2n) is 7.65. The number of hydrogen-bond acceptors (Lipinski definition) is 10. The summed E-state index contributed by atoms with van der Waals surface area (Å²) in [6.07, 6.45) is 5.24. The summed E-state index contributed by atoms with van der Waals surface area (Å²) >= 11 is 0. The molecule has 4 atom stereocenters. The lowest BCUT2D eigenvalue weighted by atomic mass is 10.4. The molecule has 34 heavy (non-hydrogen) atoms. The highest BCUT2D eigenvalue weighted by Crippen LogP contribution is 2.20. The molecule has 0 rings (SSSR count). The molecule has 14 heteroatoms. The van der Waals surface area contributed by atoms with Crippen LogP contribution in [0.1, 0.15) is 13.8 Å². The Kier molecular flexibility index (Phi) is 15.9. The SMILES string of the molecule is CC(=N)NCC[SH](C)C[C@H](N)C(=O)OC(=O)/C=C\C(=O)OC(=O)[C@@H](N)C[SH](C)CCNC(C)=N. The molecule has 0 aliphatic heterocycles. The Morgan fingerprint density at radius 3 is 1.41 bits per heavy atom. The summed E-state index contributed by atoms with van der Waals surface area (Å²) in [5, 5.41) is 20.4. The number of ether oxygens (including phenoxy) is 2. The molecular formula is C20H38N6O6S2. The standard InChI is InChI=1S/C20H38N6O6S2/c1-13(21)25-7-9-33(3)11-15(23)19(29)31-17(27)5-6-18(28)32-20(30)16(24)12-34(4)10-8-26-14(2)22/h5-6,15-16,33-34H,7-12,23-24H2,1-4H3,(H2,21,25)(H2,22,26)/b6-5-/t15-,16-/m0/s1. The van der Waals surface area contributed by atoms with Crippen molar-refractivity contribution in [3.05, 3.63) is 12.2 Å². The van der Waals surface area contributed by atoms with E-state index in [0.29, 0.717) is 48.4 Å². The van der Waals surface area contributed by atoms with Gasteiger partial charge in [-0.2, -0.15) is 0 Å². The van der Waals surface area contributed by atoms with Gasteiger partial charge in [0.25, 0.3) is 0 Å². The molecule has 0 aliphatic rings. The van der Waals surface area contributed by atoms with Crippen LogP contribution in [0, 0.1) is 10.8 Å². The molecule has 0 radical (unpaired) electrons. The Labute approximate surface area is 205 Å². The first kappa shape index (κ1) is 31.6. The Balaban J connectivity index is 4.38. The lowest BCUT2D eigenvalue weighted by Crippen LogP contribution is -2.37. The number of amidine groups is 2. The quantitative estimate of drug-likeness (QED) is 0.0340.